The molecule has 33 heavy (non-hydrogen) atoms. The summed E-state index contributed by atoms with van der Waals surface area (Å²) in [7, 11) is 0. The molecule has 4 aromatic rings. The highest BCUT2D eigenvalue weighted by Crippen LogP contribution is 2.28. The van der Waals surface area contributed by atoms with Crippen LogP contribution in [0.3, 0.4) is 0 Å². The van der Waals surface area contributed by atoms with Crippen LogP contribution in [0, 0.1) is 6.92 Å². The van der Waals surface area contributed by atoms with Crippen molar-refractivity contribution < 1.29 is 14.0 Å². The molecule has 0 unspecified atom stereocenters. The van der Waals surface area contributed by atoms with Crippen LogP contribution in [-0.4, -0.2) is 32.3 Å². The van der Waals surface area contributed by atoms with Crippen molar-refractivity contribution in [3.05, 3.63) is 78.3 Å². The Labute approximate surface area is 195 Å². The first-order valence-corrected chi connectivity index (χ1v) is 11.3. The summed E-state index contributed by atoms with van der Waals surface area (Å²) in [6.45, 7) is 3.88. The lowest BCUT2D eigenvalue weighted by atomic mass is 10.2. The molecule has 0 aliphatic heterocycles. The minimum Gasteiger partial charge on any atom is -0.469 e. The summed E-state index contributed by atoms with van der Waals surface area (Å²) < 4.78 is 7.44. The first-order chi connectivity index (χ1) is 16.0. The molecule has 2 amide bonds. The molecular weight excluding hydrogens is 438 g/mol. The number of aryl methyl sites for hydroxylation is 1. The molecule has 2 heterocycles. The molecule has 2 N–H and O–H groups in total. The molecule has 0 saturated heterocycles. The summed E-state index contributed by atoms with van der Waals surface area (Å²) in [5, 5.41) is 14.9. The van der Waals surface area contributed by atoms with Gasteiger partial charge >= 0.3 is 0 Å². The van der Waals surface area contributed by atoms with Crippen molar-refractivity contribution in [2.45, 2.75) is 25.5 Å². The molecule has 168 valence electrons. The topological polar surface area (TPSA) is 102 Å². The minimum atomic E-state index is -0.185. The van der Waals surface area contributed by atoms with E-state index in [0.29, 0.717) is 28.9 Å². The summed E-state index contributed by atoms with van der Waals surface area (Å²) in [5.41, 5.74) is 3.19. The van der Waals surface area contributed by atoms with Gasteiger partial charge in [-0.2, -0.15) is 0 Å². The maximum Gasteiger partial charge on any atom is 0.234 e. The molecule has 8 nitrogen and oxygen atoms in total. The van der Waals surface area contributed by atoms with E-state index in [1.54, 1.807) is 30.5 Å². The molecular formula is C24H23N5O3S. The lowest BCUT2D eigenvalue weighted by Crippen LogP contribution is -2.15. The SMILES string of the molecule is CC(=O)Nc1cccc(NC(=O)CSc2nnc(-c3ccoc3C)n2Cc2ccccc2)c1. The monoisotopic (exact) mass is 461 g/mol. The first-order valence-electron chi connectivity index (χ1n) is 10.3. The molecule has 0 spiro atoms. The van der Waals surface area contributed by atoms with Crippen molar-refractivity contribution in [3.63, 3.8) is 0 Å². The maximum atomic E-state index is 12.6. The zero-order valence-corrected chi connectivity index (χ0v) is 19.1. The molecule has 0 aliphatic carbocycles. The zero-order valence-electron chi connectivity index (χ0n) is 18.2. The van der Waals surface area contributed by atoms with Gasteiger partial charge in [0.25, 0.3) is 0 Å². The lowest BCUT2D eigenvalue weighted by molar-refractivity contribution is -0.114. The highest BCUT2D eigenvalue weighted by atomic mass is 32.2. The molecule has 2 aromatic carbocycles. The second-order valence-corrected chi connectivity index (χ2v) is 8.31. The number of furan rings is 1. The van der Waals surface area contributed by atoms with Gasteiger partial charge in [0, 0.05) is 18.3 Å². The number of thioether (sulfide) groups is 1. The van der Waals surface area contributed by atoms with Crippen LogP contribution >= 0.6 is 11.8 Å². The average Bonchev–Trinajstić information content (AvgIpc) is 3.38. The van der Waals surface area contributed by atoms with E-state index in [0.717, 1.165) is 16.9 Å². The first kappa shape index (κ1) is 22.3. The number of nitrogens with one attached hydrogen (secondary N) is 2. The fourth-order valence-corrected chi connectivity index (χ4v) is 4.06. The van der Waals surface area contributed by atoms with E-state index in [1.807, 2.05) is 47.9 Å². The Hall–Kier alpha value is -3.85. The van der Waals surface area contributed by atoms with Crippen molar-refractivity contribution in [2.24, 2.45) is 0 Å². The fourth-order valence-electron chi connectivity index (χ4n) is 3.33. The van der Waals surface area contributed by atoms with Gasteiger partial charge in [0.1, 0.15) is 5.76 Å². The Morgan fingerprint density at radius 2 is 1.76 bits per heavy atom. The van der Waals surface area contributed by atoms with Crippen LogP contribution in [0.5, 0.6) is 0 Å². The number of amides is 2. The highest BCUT2D eigenvalue weighted by Gasteiger charge is 2.19. The van der Waals surface area contributed by atoms with Crippen LogP contribution < -0.4 is 10.6 Å². The third-order valence-corrected chi connectivity index (χ3v) is 5.77. The number of benzene rings is 2. The normalized spacial score (nSPS) is 10.7. The number of carbonyl (C=O) groups excluding carboxylic acids is 2. The van der Waals surface area contributed by atoms with Gasteiger partial charge in [-0.05, 0) is 36.8 Å². The number of anilines is 2. The lowest BCUT2D eigenvalue weighted by Gasteiger charge is -2.11. The molecule has 0 radical (unpaired) electrons. The Morgan fingerprint density at radius 3 is 2.45 bits per heavy atom. The summed E-state index contributed by atoms with van der Waals surface area (Å²) in [4.78, 5) is 23.8. The van der Waals surface area contributed by atoms with Crippen molar-refractivity contribution in [2.75, 3.05) is 16.4 Å². The quantitative estimate of drug-likeness (QED) is 0.372. The molecule has 2 aromatic heterocycles. The Morgan fingerprint density at radius 1 is 1.00 bits per heavy atom. The summed E-state index contributed by atoms with van der Waals surface area (Å²) in [5.74, 6) is 1.24. The number of hydrogen-bond donors (Lipinski definition) is 2. The number of carbonyl (C=O) groups is 2. The van der Waals surface area contributed by atoms with Crippen molar-refractivity contribution >= 4 is 35.0 Å². The molecule has 9 heteroatoms. The van der Waals surface area contributed by atoms with Crippen molar-refractivity contribution in [1.82, 2.24) is 14.8 Å². The Kier molecular flexibility index (Phi) is 6.89. The summed E-state index contributed by atoms with van der Waals surface area (Å²) >= 11 is 1.31. The van der Waals surface area contributed by atoms with Crippen LogP contribution in [0.2, 0.25) is 0 Å². The maximum absolute atomic E-state index is 12.6. The van der Waals surface area contributed by atoms with E-state index in [9.17, 15) is 9.59 Å². The Balaban J connectivity index is 1.50. The van der Waals surface area contributed by atoms with E-state index < -0.39 is 0 Å². The third-order valence-electron chi connectivity index (χ3n) is 4.80. The molecule has 0 fully saturated rings. The smallest absolute Gasteiger partial charge is 0.234 e. The van der Waals surface area contributed by atoms with Crippen molar-refractivity contribution in [3.8, 4) is 11.4 Å². The standard InChI is InChI=1S/C24H23N5O3S/c1-16-21(11-12-32-16)23-27-28-24(29(23)14-18-7-4-3-5-8-18)33-15-22(31)26-20-10-6-9-19(13-20)25-17(2)30/h3-13H,14-15H2,1-2H3,(H,25,30)(H,26,31). The molecule has 0 atom stereocenters. The average molecular weight is 462 g/mol. The van der Waals surface area contributed by atoms with Crippen LogP contribution in [0.15, 0.2) is 76.5 Å². The van der Waals surface area contributed by atoms with Crippen molar-refractivity contribution in [1.29, 1.82) is 0 Å². The van der Waals surface area contributed by atoms with E-state index in [-0.39, 0.29) is 17.6 Å². The molecule has 4 rings (SSSR count). The zero-order chi connectivity index (χ0) is 23.2. The predicted octanol–water partition coefficient (Wildman–Crippen LogP) is 4.58. The van der Waals surface area contributed by atoms with Gasteiger partial charge in [-0.3, -0.25) is 14.2 Å². The van der Waals surface area contributed by atoms with E-state index in [2.05, 4.69) is 20.8 Å². The van der Waals surface area contributed by atoms with E-state index >= 15 is 0 Å². The number of hydrogen-bond acceptors (Lipinski definition) is 6. The van der Waals surface area contributed by atoms with Crippen LogP contribution in [0.1, 0.15) is 18.2 Å². The second-order valence-electron chi connectivity index (χ2n) is 7.37. The fraction of sp³-hybridized carbons (Fsp3) is 0.167. The summed E-state index contributed by atoms with van der Waals surface area (Å²) in [6.07, 6.45) is 1.63. The van der Waals surface area contributed by atoms with Gasteiger partial charge in [0.15, 0.2) is 11.0 Å². The van der Waals surface area contributed by atoms with Gasteiger partial charge in [-0.15, -0.1) is 10.2 Å². The molecule has 0 saturated carbocycles. The van der Waals surface area contributed by atoms with Gasteiger partial charge in [-0.1, -0.05) is 48.2 Å². The predicted molar refractivity (Wildman–Crippen MR) is 128 cm³/mol. The van der Waals surface area contributed by atoms with E-state index in [1.165, 1.54) is 18.7 Å². The van der Waals surface area contributed by atoms with Gasteiger partial charge in [-0.25, -0.2) is 0 Å². The minimum absolute atomic E-state index is 0.154. The number of nitrogens with zero attached hydrogens (tertiary/aromatic N) is 3. The van der Waals surface area contributed by atoms with E-state index in [4.69, 9.17) is 4.42 Å². The highest BCUT2D eigenvalue weighted by molar-refractivity contribution is 7.99. The van der Waals surface area contributed by atoms with Crippen LogP contribution in [-0.2, 0) is 16.1 Å². The van der Waals surface area contributed by atoms with Crippen LogP contribution in [0.25, 0.3) is 11.4 Å². The van der Waals surface area contributed by atoms with Gasteiger partial charge in [0.05, 0.1) is 24.1 Å². The second kappa shape index (κ2) is 10.2. The van der Waals surface area contributed by atoms with Gasteiger partial charge in [0.2, 0.25) is 11.8 Å². The largest absolute Gasteiger partial charge is 0.469 e. The summed E-state index contributed by atoms with van der Waals surface area (Å²) in [6, 6.07) is 18.9. The number of rotatable bonds is 8. The van der Waals surface area contributed by atoms with Crippen LogP contribution in [0.4, 0.5) is 11.4 Å². The third kappa shape index (κ3) is 5.69. The number of aromatic nitrogens is 3. The Bertz CT molecular complexity index is 1270. The van der Waals surface area contributed by atoms with Gasteiger partial charge < -0.3 is 15.1 Å². The molecule has 0 bridgehead atoms. The molecule has 0 aliphatic rings.